The number of nitrogens with zero attached hydrogens (tertiary/aromatic N) is 1. The van der Waals surface area contributed by atoms with Crippen LogP contribution in [0.15, 0.2) is 54.9 Å². The highest BCUT2D eigenvalue weighted by molar-refractivity contribution is 5.74. The summed E-state index contributed by atoms with van der Waals surface area (Å²) >= 11 is 0. The molecule has 138 valence electrons. The SMILES string of the molecule is O=C(NCc1cccnc1)NC1CCC(CCCc2ccccc2)CC1. The van der Waals surface area contributed by atoms with Crippen molar-refractivity contribution >= 4 is 6.03 Å². The number of pyridine rings is 1. The Morgan fingerprint density at radius 1 is 1.00 bits per heavy atom. The van der Waals surface area contributed by atoms with Crippen molar-refractivity contribution in [3.63, 3.8) is 0 Å². The predicted molar refractivity (Wildman–Crippen MR) is 105 cm³/mol. The average molecular weight is 351 g/mol. The van der Waals surface area contributed by atoms with Gasteiger partial charge in [-0.15, -0.1) is 0 Å². The summed E-state index contributed by atoms with van der Waals surface area (Å²) < 4.78 is 0. The number of hydrogen-bond donors (Lipinski definition) is 2. The number of benzene rings is 1. The molecule has 1 saturated carbocycles. The number of aryl methyl sites for hydroxylation is 1. The van der Waals surface area contributed by atoms with Crippen LogP contribution in [0.3, 0.4) is 0 Å². The lowest BCUT2D eigenvalue weighted by Crippen LogP contribution is -2.43. The Balaban J connectivity index is 1.29. The molecule has 0 saturated heterocycles. The van der Waals surface area contributed by atoms with Gasteiger partial charge < -0.3 is 10.6 Å². The van der Waals surface area contributed by atoms with Crippen LogP contribution >= 0.6 is 0 Å². The van der Waals surface area contributed by atoms with Crippen molar-refractivity contribution in [3.8, 4) is 0 Å². The van der Waals surface area contributed by atoms with Crippen LogP contribution in [0, 0.1) is 5.92 Å². The monoisotopic (exact) mass is 351 g/mol. The predicted octanol–water partition coefficient (Wildman–Crippen LogP) is 4.46. The number of hydrogen-bond acceptors (Lipinski definition) is 2. The van der Waals surface area contributed by atoms with E-state index in [2.05, 4.69) is 45.9 Å². The first kappa shape index (κ1) is 18.4. The molecular weight excluding hydrogens is 322 g/mol. The maximum atomic E-state index is 12.1. The zero-order chi connectivity index (χ0) is 18.0. The highest BCUT2D eigenvalue weighted by Crippen LogP contribution is 2.28. The topological polar surface area (TPSA) is 54.0 Å². The Hall–Kier alpha value is -2.36. The molecule has 1 aliphatic carbocycles. The van der Waals surface area contributed by atoms with Crippen molar-refractivity contribution in [2.45, 2.75) is 57.5 Å². The third-order valence-corrected chi connectivity index (χ3v) is 5.28. The van der Waals surface area contributed by atoms with Gasteiger partial charge in [-0.2, -0.15) is 0 Å². The van der Waals surface area contributed by atoms with E-state index >= 15 is 0 Å². The molecule has 0 unspecified atom stereocenters. The highest BCUT2D eigenvalue weighted by atomic mass is 16.2. The molecule has 0 radical (unpaired) electrons. The third kappa shape index (κ3) is 6.17. The van der Waals surface area contributed by atoms with Crippen LogP contribution in [0.25, 0.3) is 0 Å². The van der Waals surface area contributed by atoms with Crippen LogP contribution in [-0.4, -0.2) is 17.1 Å². The Kier molecular flexibility index (Phi) is 7.05. The molecule has 0 spiro atoms. The minimum Gasteiger partial charge on any atom is -0.335 e. The van der Waals surface area contributed by atoms with Crippen LogP contribution in [0.2, 0.25) is 0 Å². The fraction of sp³-hybridized carbons (Fsp3) is 0.455. The van der Waals surface area contributed by atoms with Gasteiger partial charge in [0.2, 0.25) is 0 Å². The van der Waals surface area contributed by atoms with Crippen molar-refractivity contribution in [1.29, 1.82) is 0 Å². The van der Waals surface area contributed by atoms with E-state index in [0.717, 1.165) is 24.3 Å². The Bertz CT molecular complexity index is 652. The second-order valence-corrected chi connectivity index (χ2v) is 7.28. The van der Waals surface area contributed by atoms with E-state index in [4.69, 9.17) is 0 Å². The first-order valence-corrected chi connectivity index (χ1v) is 9.77. The smallest absolute Gasteiger partial charge is 0.315 e. The summed E-state index contributed by atoms with van der Waals surface area (Å²) in [5, 5.41) is 6.04. The van der Waals surface area contributed by atoms with E-state index in [1.165, 1.54) is 37.7 Å². The molecular formula is C22H29N3O. The van der Waals surface area contributed by atoms with E-state index in [-0.39, 0.29) is 6.03 Å². The summed E-state index contributed by atoms with van der Waals surface area (Å²) in [6.07, 6.45) is 11.9. The van der Waals surface area contributed by atoms with Crippen LogP contribution < -0.4 is 10.6 Å². The largest absolute Gasteiger partial charge is 0.335 e. The normalized spacial score (nSPS) is 19.7. The fourth-order valence-corrected chi connectivity index (χ4v) is 3.76. The van der Waals surface area contributed by atoms with Gasteiger partial charge in [-0.1, -0.05) is 42.8 Å². The number of carbonyl (C=O) groups excluding carboxylic acids is 1. The van der Waals surface area contributed by atoms with Gasteiger partial charge in [-0.05, 0) is 61.6 Å². The number of carbonyl (C=O) groups is 1. The van der Waals surface area contributed by atoms with Crippen molar-refractivity contribution in [2.75, 3.05) is 0 Å². The van der Waals surface area contributed by atoms with Crippen molar-refractivity contribution in [3.05, 3.63) is 66.0 Å². The molecule has 3 rings (SSSR count). The number of urea groups is 1. The fourth-order valence-electron chi connectivity index (χ4n) is 3.76. The van der Waals surface area contributed by atoms with Gasteiger partial charge in [0.15, 0.2) is 0 Å². The second kappa shape index (κ2) is 9.95. The van der Waals surface area contributed by atoms with Crippen LogP contribution in [0.1, 0.15) is 49.7 Å². The van der Waals surface area contributed by atoms with E-state index in [0.29, 0.717) is 12.6 Å². The van der Waals surface area contributed by atoms with Gasteiger partial charge >= 0.3 is 6.03 Å². The third-order valence-electron chi connectivity index (χ3n) is 5.28. The first-order chi connectivity index (χ1) is 12.8. The lowest BCUT2D eigenvalue weighted by molar-refractivity contribution is 0.224. The number of aromatic nitrogens is 1. The van der Waals surface area contributed by atoms with Crippen molar-refractivity contribution in [2.24, 2.45) is 5.92 Å². The second-order valence-electron chi connectivity index (χ2n) is 7.28. The zero-order valence-corrected chi connectivity index (χ0v) is 15.4. The summed E-state index contributed by atoms with van der Waals surface area (Å²) in [6, 6.07) is 14.8. The molecule has 1 heterocycles. The highest BCUT2D eigenvalue weighted by Gasteiger charge is 2.22. The molecule has 2 N–H and O–H groups in total. The molecule has 2 aromatic rings. The van der Waals surface area contributed by atoms with E-state index < -0.39 is 0 Å². The Morgan fingerprint density at radius 2 is 1.77 bits per heavy atom. The Morgan fingerprint density at radius 3 is 2.50 bits per heavy atom. The standard InChI is InChI=1S/C22H29N3O/c26-22(24-17-20-10-5-15-23-16-20)25-21-13-11-19(12-14-21)9-4-8-18-6-2-1-3-7-18/h1-3,5-7,10,15-16,19,21H,4,8-9,11-14,17H2,(H2,24,25,26). The lowest BCUT2D eigenvalue weighted by atomic mass is 9.83. The maximum Gasteiger partial charge on any atom is 0.315 e. The minimum atomic E-state index is -0.0682. The molecule has 4 heteroatoms. The summed E-state index contributed by atoms with van der Waals surface area (Å²) in [4.78, 5) is 16.1. The Labute approximate surface area is 156 Å². The summed E-state index contributed by atoms with van der Waals surface area (Å²) in [5.74, 6) is 0.815. The summed E-state index contributed by atoms with van der Waals surface area (Å²) in [5.41, 5.74) is 2.46. The van der Waals surface area contributed by atoms with E-state index in [9.17, 15) is 4.79 Å². The molecule has 0 bridgehead atoms. The minimum absolute atomic E-state index is 0.0682. The van der Waals surface area contributed by atoms with Gasteiger partial charge in [0, 0.05) is 25.0 Å². The summed E-state index contributed by atoms with van der Waals surface area (Å²) in [7, 11) is 0. The van der Waals surface area contributed by atoms with Gasteiger partial charge in [0.25, 0.3) is 0 Å². The van der Waals surface area contributed by atoms with Crippen molar-refractivity contribution < 1.29 is 4.79 Å². The van der Waals surface area contributed by atoms with Crippen LogP contribution in [-0.2, 0) is 13.0 Å². The van der Waals surface area contributed by atoms with Gasteiger partial charge in [0.05, 0.1) is 0 Å². The molecule has 1 fully saturated rings. The maximum absolute atomic E-state index is 12.1. The van der Waals surface area contributed by atoms with Crippen molar-refractivity contribution in [1.82, 2.24) is 15.6 Å². The molecule has 0 atom stereocenters. The van der Waals surface area contributed by atoms with Gasteiger partial charge in [-0.25, -0.2) is 4.79 Å². The van der Waals surface area contributed by atoms with E-state index in [1.54, 1.807) is 12.4 Å². The summed E-state index contributed by atoms with van der Waals surface area (Å²) in [6.45, 7) is 0.522. The molecule has 4 nitrogen and oxygen atoms in total. The zero-order valence-electron chi connectivity index (χ0n) is 15.4. The molecule has 1 aliphatic rings. The molecule has 1 aromatic carbocycles. The molecule has 1 aromatic heterocycles. The number of rotatable bonds is 7. The number of nitrogens with one attached hydrogen (secondary N) is 2. The van der Waals surface area contributed by atoms with Gasteiger partial charge in [-0.3, -0.25) is 4.98 Å². The molecule has 0 aliphatic heterocycles. The molecule has 26 heavy (non-hydrogen) atoms. The van der Waals surface area contributed by atoms with Crippen LogP contribution in [0.4, 0.5) is 4.79 Å². The quantitative estimate of drug-likeness (QED) is 0.774. The first-order valence-electron chi connectivity index (χ1n) is 9.77. The lowest BCUT2D eigenvalue weighted by Gasteiger charge is -2.29. The number of amides is 2. The average Bonchev–Trinajstić information content (AvgIpc) is 2.69. The van der Waals surface area contributed by atoms with Crippen LogP contribution in [0.5, 0.6) is 0 Å². The molecule has 2 amide bonds. The van der Waals surface area contributed by atoms with E-state index in [1.807, 2.05) is 12.1 Å². The van der Waals surface area contributed by atoms with Gasteiger partial charge in [0.1, 0.15) is 0 Å².